The predicted molar refractivity (Wildman–Crippen MR) is 81.9 cm³/mol. The van der Waals surface area contributed by atoms with E-state index >= 15 is 0 Å². The molecule has 1 atom stereocenters. The minimum Gasteiger partial charge on any atom is -0.388 e. The van der Waals surface area contributed by atoms with Gasteiger partial charge < -0.3 is 9.47 Å². The molecule has 0 spiro atoms. The van der Waals surface area contributed by atoms with Crippen LogP contribution >= 0.6 is 0 Å². The van der Waals surface area contributed by atoms with E-state index < -0.39 is 0 Å². The Morgan fingerprint density at radius 3 is 2.50 bits per heavy atom. The smallest absolute Gasteiger partial charge is 0.292 e. The first-order valence-corrected chi connectivity index (χ1v) is 7.01. The highest BCUT2D eigenvalue weighted by molar-refractivity contribution is 5.35. The highest BCUT2D eigenvalue weighted by Crippen LogP contribution is 2.24. The zero-order valence-electron chi connectivity index (χ0n) is 12.3. The Morgan fingerprint density at radius 2 is 1.73 bits per heavy atom. The maximum absolute atomic E-state index is 8.68. The topological polar surface area (TPSA) is 66.0 Å². The number of nitrogens with zero attached hydrogens (tertiary/aromatic N) is 2. The molecule has 2 aromatic carbocycles. The molecule has 0 amide bonds. The van der Waals surface area contributed by atoms with Gasteiger partial charge in [0, 0.05) is 0 Å². The molecule has 0 saturated heterocycles. The fourth-order valence-corrected chi connectivity index (χ4v) is 2.46. The molecule has 0 aliphatic carbocycles. The molecule has 0 aliphatic rings. The first-order valence-electron chi connectivity index (χ1n) is 7.01. The molecule has 2 rings (SSSR count). The molecule has 0 fully saturated rings. The van der Waals surface area contributed by atoms with Gasteiger partial charge in [-0.1, -0.05) is 37.3 Å². The lowest BCUT2D eigenvalue weighted by Gasteiger charge is -2.13. The summed E-state index contributed by atoms with van der Waals surface area (Å²) in [5, 5.41) is 17.2. The van der Waals surface area contributed by atoms with Gasteiger partial charge in [0.1, 0.15) is 11.5 Å². The largest absolute Gasteiger partial charge is 0.388 e. The van der Waals surface area contributed by atoms with E-state index in [1.165, 1.54) is 0 Å². The van der Waals surface area contributed by atoms with Crippen molar-refractivity contribution in [2.45, 2.75) is 19.8 Å². The molecule has 1 unspecified atom stereocenters. The molecule has 0 saturated carbocycles. The summed E-state index contributed by atoms with van der Waals surface area (Å²) >= 11 is 0. The monoisotopic (exact) mass is 292 g/mol. The Balaban J connectivity index is 2.04. The van der Waals surface area contributed by atoms with Crippen LogP contribution < -0.4 is 9.47 Å². The summed E-state index contributed by atoms with van der Waals surface area (Å²) in [6, 6.07) is 15.1. The Labute approximate surface area is 130 Å². The van der Waals surface area contributed by atoms with Crippen LogP contribution in [0.3, 0.4) is 0 Å². The van der Waals surface area contributed by atoms with Gasteiger partial charge in [0.25, 0.3) is 12.5 Å². The van der Waals surface area contributed by atoms with Crippen molar-refractivity contribution < 1.29 is 9.47 Å². The van der Waals surface area contributed by atoms with Crippen LogP contribution in [0, 0.1) is 29.0 Å². The van der Waals surface area contributed by atoms with Crippen molar-refractivity contribution in [1.82, 2.24) is 0 Å². The Hall–Kier alpha value is -2.98. The minimum absolute atomic E-state index is 0.362. The molecular weight excluding hydrogens is 276 g/mol. The summed E-state index contributed by atoms with van der Waals surface area (Å²) in [6.07, 6.45) is 5.06. The molecule has 4 nitrogen and oxygen atoms in total. The third-order valence-corrected chi connectivity index (χ3v) is 3.34. The number of rotatable bonds is 6. The average Bonchev–Trinajstić information content (AvgIpc) is 2.50. The lowest BCUT2D eigenvalue weighted by molar-refractivity contribution is 0.486. The molecule has 110 valence electrons. The molecule has 0 bridgehead atoms. The molecular formula is C18H16N2O2. The van der Waals surface area contributed by atoms with E-state index in [0.717, 1.165) is 24.0 Å². The van der Waals surface area contributed by atoms with Crippen LogP contribution in [0.2, 0.25) is 0 Å². The Kier molecular flexibility index (Phi) is 5.40. The summed E-state index contributed by atoms with van der Waals surface area (Å²) in [7, 11) is 0. The van der Waals surface area contributed by atoms with Gasteiger partial charge in [0.15, 0.2) is 0 Å². The standard InChI is InChI=1S/C18H16N2O2/c1-14(9-15-5-4-7-17(11-15)21-12-19)10-16-6-2-3-8-18(16)22-13-20/h2-8,11,14H,9-10H2,1H3. The van der Waals surface area contributed by atoms with Gasteiger partial charge >= 0.3 is 0 Å². The third kappa shape index (κ3) is 4.26. The second-order valence-electron chi connectivity index (χ2n) is 5.16. The highest BCUT2D eigenvalue weighted by atomic mass is 16.5. The average molecular weight is 292 g/mol. The van der Waals surface area contributed by atoms with Gasteiger partial charge in [0.05, 0.1) is 0 Å². The molecule has 2 aromatic rings. The van der Waals surface area contributed by atoms with Crippen LogP contribution in [0.15, 0.2) is 48.5 Å². The van der Waals surface area contributed by atoms with Crippen LogP contribution in [-0.2, 0) is 12.8 Å². The van der Waals surface area contributed by atoms with E-state index in [1.807, 2.05) is 36.4 Å². The predicted octanol–water partition coefficient (Wildman–Crippen LogP) is 3.83. The van der Waals surface area contributed by atoms with Gasteiger partial charge in [-0.3, -0.25) is 0 Å². The van der Waals surface area contributed by atoms with Crippen LogP contribution in [0.1, 0.15) is 18.1 Å². The van der Waals surface area contributed by atoms with E-state index in [-0.39, 0.29) is 0 Å². The number of hydrogen-bond donors (Lipinski definition) is 0. The summed E-state index contributed by atoms with van der Waals surface area (Å²) in [6.45, 7) is 2.14. The third-order valence-electron chi connectivity index (χ3n) is 3.34. The summed E-state index contributed by atoms with van der Waals surface area (Å²) in [5.74, 6) is 1.53. The molecule has 4 heteroatoms. The maximum atomic E-state index is 8.68. The quantitative estimate of drug-likeness (QED) is 0.759. The molecule has 0 heterocycles. The van der Waals surface area contributed by atoms with E-state index in [9.17, 15) is 0 Å². The zero-order valence-corrected chi connectivity index (χ0v) is 12.3. The first-order chi connectivity index (χ1) is 10.7. The SMILES string of the molecule is CC(Cc1cccc(OC#N)c1)Cc1ccccc1OC#N. The van der Waals surface area contributed by atoms with Gasteiger partial charge in [-0.15, -0.1) is 10.5 Å². The van der Waals surface area contributed by atoms with Crippen molar-refractivity contribution in [3.63, 3.8) is 0 Å². The number of benzene rings is 2. The van der Waals surface area contributed by atoms with Gasteiger partial charge in [-0.05, 0) is 48.1 Å². The lowest BCUT2D eigenvalue weighted by Crippen LogP contribution is -2.05. The second kappa shape index (κ2) is 7.71. The Morgan fingerprint density at radius 1 is 0.955 bits per heavy atom. The normalized spacial score (nSPS) is 11.0. The van der Waals surface area contributed by atoms with Crippen molar-refractivity contribution in [2.75, 3.05) is 0 Å². The number of hydrogen-bond acceptors (Lipinski definition) is 4. The fraction of sp³-hybridized carbons (Fsp3) is 0.222. The summed E-state index contributed by atoms with van der Waals surface area (Å²) < 4.78 is 9.84. The van der Waals surface area contributed by atoms with Crippen molar-refractivity contribution in [3.8, 4) is 24.0 Å². The fourth-order valence-electron chi connectivity index (χ4n) is 2.46. The molecule has 22 heavy (non-hydrogen) atoms. The lowest BCUT2D eigenvalue weighted by atomic mass is 9.94. The first kappa shape index (κ1) is 15.4. The van der Waals surface area contributed by atoms with Gasteiger partial charge in [0.2, 0.25) is 0 Å². The molecule has 0 aromatic heterocycles. The van der Waals surface area contributed by atoms with Crippen molar-refractivity contribution in [3.05, 3.63) is 59.7 Å². The van der Waals surface area contributed by atoms with Gasteiger partial charge in [-0.25, -0.2) is 0 Å². The number of para-hydroxylation sites is 1. The van der Waals surface area contributed by atoms with E-state index in [2.05, 4.69) is 6.92 Å². The van der Waals surface area contributed by atoms with Crippen molar-refractivity contribution >= 4 is 0 Å². The maximum Gasteiger partial charge on any atom is 0.292 e. The summed E-state index contributed by atoms with van der Waals surface area (Å²) in [5.41, 5.74) is 2.12. The second-order valence-corrected chi connectivity index (χ2v) is 5.16. The molecule has 0 radical (unpaired) electrons. The molecule has 0 aliphatic heterocycles. The number of ether oxygens (including phenoxy) is 2. The highest BCUT2D eigenvalue weighted by Gasteiger charge is 2.10. The minimum atomic E-state index is 0.362. The Bertz CT molecular complexity index is 714. The van der Waals surface area contributed by atoms with Crippen LogP contribution in [-0.4, -0.2) is 0 Å². The van der Waals surface area contributed by atoms with E-state index in [1.54, 1.807) is 24.6 Å². The van der Waals surface area contributed by atoms with E-state index in [0.29, 0.717) is 17.4 Å². The zero-order chi connectivity index (χ0) is 15.8. The summed E-state index contributed by atoms with van der Waals surface area (Å²) in [4.78, 5) is 0. The number of nitriles is 2. The van der Waals surface area contributed by atoms with Crippen LogP contribution in [0.5, 0.6) is 11.5 Å². The van der Waals surface area contributed by atoms with Crippen LogP contribution in [0.25, 0.3) is 0 Å². The van der Waals surface area contributed by atoms with Crippen LogP contribution in [0.4, 0.5) is 0 Å². The molecule has 0 N–H and O–H groups in total. The van der Waals surface area contributed by atoms with E-state index in [4.69, 9.17) is 20.0 Å². The van der Waals surface area contributed by atoms with Gasteiger partial charge in [-0.2, -0.15) is 0 Å². The van der Waals surface area contributed by atoms with Crippen molar-refractivity contribution in [2.24, 2.45) is 5.92 Å². The van der Waals surface area contributed by atoms with Crippen molar-refractivity contribution in [1.29, 1.82) is 10.5 Å².